The zero-order chi connectivity index (χ0) is 10.1. The zero-order valence-corrected chi connectivity index (χ0v) is 7.34. The second-order valence-corrected chi connectivity index (χ2v) is 3.28. The van der Waals surface area contributed by atoms with Crippen molar-refractivity contribution in [2.45, 2.75) is 18.9 Å². The molecule has 74 valence electrons. The largest absolute Gasteiger partial charge is 0.619 e. The van der Waals surface area contributed by atoms with Crippen LogP contribution in [0.3, 0.4) is 0 Å². The van der Waals surface area contributed by atoms with Crippen LogP contribution >= 0.6 is 0 Å². The van der Waals surface area contributed by atoms with Crippen LogP contribution in [0.5, 0.6) is 0 Å². The first-order chi connectivity index (χ1) is 6.66. The molecule has 0 saturated heterocycles. The fourth-order valence-corrected chi connectivity index (χ4v) is 1.19. The van der Waals surface area contributed by atoms with Crippen LogP contribution in [0.2, 0.25) is 0 Å². The molecule has 1 aromatic heterocycles. The lowest BCUT2D eigenvalue weighted by molar-refractivity contribution is -0.605. The van der Waals surface area contributed by atoms with Crippen LogP contribution in [0.25, 0.3) is 0 Å². The lowest BCUT2D eigenvalue weighted by Crippen LogP contribution is -2.25. The van der Waals surface area contributed by atoms with Crippen molar-refractivity contribution in [3.63, 3.8) is 0 Å². The van der Waals surface area contributed by atoms with Gasteiger partial charge in [-0.05, 0) is 12.8 Å². The molecule has 0 amide bonds. The third-order valence-corrected chi connectivity index (χ3v) is 2.05. The molecule has 2 rings (SSSR count). The van der Waals surface area contributed by atoms with Crippen LogP contribution in [0, 0.1) is 15.3 Å². The molecule has 0 aromatic carbocycles. The molecule has 0 aliphatic heterocycles. The van der Waals surface area contributed by atoms with Gasteiger partial charge in [-0.25, -0.2) is 0 Å². The van der Waals surface area contributed by atoms with Crippen LogP contribution in [-0.4, -0.2) is 11.0 Å². The van der Waals surface area contributed by atoms with Crippen LogP contribution in [0.4, 0.5) is 11.4 Å². The van der Waals surface area contributed by atoms with Crippen molar-refractivity contribution in [3.8, 4) is 0 Å². The number of hydrogen-bond donors (Lipinski definition) is 1. The SMILES string of the molecule is O=[N+]([O-])c1cc[n+]([O-])cc1NC1CC1. The highest BCUT2D eigenvalue weighted by Crippen LogP contribution is 2.29. The van der Waals surface area contributed by atoms with E-state index < -0.39 is 4.92 Å². The zero-order valence-electron chi connectivity index (χ0n) is 7.34. The Morgan fingerprint density at radius 1 is 1.57 bits per heavy atom. The van der Waals surface area contributed by atoms with E-state index in [4.69, 9.17) is 0 Å². The Morgan fingerprint density at radius 3 is 2.86 bits per heavy atom. The molecule has 14 heavy (non-hydrogen) atoms. The van der Waals surface area contributed by atoms with Crippen LogP contribution in [0.15, 0.2) is 18.5 Å². The lowest BCUT2D eigenvalue weighted by Gasteiger charge is -2.04. The summed E-state index contributed by atoms with van der Waals surface area (Å²) >= 11 is 0. The molecule has 6 nitrogen and oxygen atoms in total. The maximum atomic E-state index is 10.9. The Labute approximate surface area is 79.9 Å². The van der Waals surface area contributed by atoms with E-state index in [2.05, 4.69) is 5.32 Å². The van der Waals surface area contributed by atoms with Gasteiger partial charge in [0, 0.05) is 6.04 Å². The molecule has 0 bridgehead atoms. The summed E-state index contributed by atoms with van der Waals surface area (Å²) in [6.45, 7) is 0. The second kappa shape index (κ2) is 3.13. The van der Waals surface area contributed by atoms with E-state index in [0.29, 0.717) is 10.4 Å². The Hall–Kier alpha value is -1.85. The minimum atomic E-state index is -0.495. The van der Waals surface area contributed by atoms with Gasteiger partial charge in [0.15, 0.2) is 11.9 Å². The summed E-state index contributed by atoms with van der Waals surface area (Å²) in [6.07, 6.45) is 4.32. The number of rotatable bonds is 3. The van der Waals surface area contributed by atoms with E-state index in [-0.39, 0.29) is 11.7 Å². The normalized spacial score (nSPS) is 15.1. The van der Waals surface area contributed by atoms with E-state index in [1.54, 1.807) is 0 Å². The number of hydrogen-bond acceptors (Lipinski definition) is 4. The maximum absolute atomic E-state index is 10.9. The Morgan fingerprint density at radius 2 is 2.29 bits per heavy atom. The van der Waals surface area contributed by atoms with E-state index >= 15 is 0 Å². The minimum Gasteiger partial charge on any atom is -0.619 e. The van der Waals surface area contributed by atoms with Crippen molar-refractivity contribution >= 4 is 11.4 Å². The number of nitro groups is 1. The van der Waals surface area contributed by atoms with Crippen LogP contribution in [-0.2, 0) is 0 Å². The summed E-state index contributed by atoms with van der Waals surface area (Å²) in [5.41, 5.74) is 0.249. The topological polar surface area (TPSA) is 82.1 Å². The molecule has 1 fully saturated rings. The van der Waals surface area contributed by atoms with E-state index in [1.165, 1.54) is 12.3 Å². The summed E-state index contributed by atoms with van der Waals surface area (Å²) in [5.74, 6) is 0. The summed E-state index contributed by atoms with van der Waals surface area (Å²) < 4.78 is 0.553. The molecule has 6 heteroatoms. The smallest absolute Gasteiger partial charge is 0.304 e. The summed E-state index contributed by atoms with van der Waals surface area (Å²) in [5, 5.41) is 24.5. The Bertz CT molecular complexity index is 376. The predicted octanol–water partition coefficient (Wildman–Crippen LogP) is 0.802. The van der Waals surface area contributed by atoms with Gasteiger partial charge in [0.1, 0.15) is 0 Å². The predicted molar refractivity (Wildman–Crippen MR) is 48.7 cm³/mol. The van der Waals surface area contributed by atoms with Gasteiger partial charge < -0.3 is 10.5 Å². The molecule has 1 saturated carbocycles. The van der Waals surface area contributed by atoms with Crippen molar-refractivity contribution in [2.24, 2.45) is 0 Å². The number of pyridine rings is 1. The highest BCUT2D eigenvalue weighted by molar-refractivity contribution is 5.59. The van der Waals surface area contributed by atoms with Gasteiger partial charge in [-0.1, -0.05) is 0 Å². The van der Waals surface area contributed by atoms with E-state index in [9.17, 15) is 15.3 Å². The lowest BCUT2D eigenvalue weighted by atomic mass is 10.3. The van der Waals surface area contributed by atoms with E-state index in [1.807, 2.05) is 0 Å². The number of nitrogens with one attached hydrogen (secondary N) is 1. The fourth-order valence-electron chi connectivity index (χ4n) is 1.19. The average molecular weight is 195 g/mol. The molecule has 0 spiro atoms. The third-order valence-electron chi connectivity index (χ3n) is 2.05. The average Bonchev–Trinajstić information content (AvgIpc) is 2.87. The van der Waals surface area contributed by atoms with Crippen molar-refractivity contribution in [1.29, 1.82) is 0 Å². The minimum absolute atomic E-state index is 0.0519. The Kier molecular flexibility index (Phi) is 1.95. The van der Waals surface area contributed by atoms with Crippen molar-refractivity contribution in [3.05, 3.63) is 33.8 Å². The molecule has 0 unspecified atom stereocenters. The van der Waals surface area contributed by atoms with Crippen molar-refractivity contribution in [1.82, 2.24) is 0 Å². The van der Waals surface area contributed by atoms with Crippen LogP contribution in [0.1, 0.15) is 12.8 Å². The van der Waals surface area contributed by atoms with Gasteiger partial charge in [0.2, 0.25) is 6.20 Å². The first-order valence-corrected chi connectivity index (χ1v) is 4.30. The van der Waals surface area contributed by atoms with Gasteiger partial charge in [-0.3, -0.25) is 10.1 Å². The monoisotopic (exact) mass is 195 g/mol. The molecule has 0 radical (unpaired) electrons. The molecular weight excluding hydrogens is 186 g/mol. The third kappa shape index (κ3) is 1.73. The molecule has 1 aliphatic carbocycles. The van der Waals surface area contributed by atoms with Crippen molar-refractivity contribution < 1.29 is 9.65 Å². The molecule has 1 aromatic rings. The fraction of sp³-hybridized carbons (Fsp3) is 0.375. The first-order valence-electron chi connectivity index (χ1n) is 4.30. The first kappa shape index (κ1) is 8.74. The summed E-state index contributed by atoms with van der Waals surface area (Å²) in [7, 11) is 0. The molecule has 0 atom stereocenters. The highest BCUT2D eigenvalue weighted by atomic mass is 16.6. The van der Waals surface area contributed by atoms with E-state index in [0.717, 1.165) is 19.0 Å². The van der Waals surface area contributed by atoms with Crippen LogP contribution < -0.4 is 10.0 Å². The van der Waals surface area contributed by atoms with Gasteiger partial charge in [0.25, 0.3) is 0 Å². The quantitative estimate of drug-likeness (QED) is 0.334. The van der Waals surface area contributed by atoms with Gasteiger partial charge in [-0.15, -0.1) is 0 Å². The number of anilines is 1. The highest BCUT2D eigenvalue weighted by Gasteiger charge is 2.26. The Balaban J connectivity index is 2.31. The molecule has 1 N–H and O–H groups in total. The summed E-state index contributed by atoms with van der Waals surface area (Å²) in [4.78, 5) is 10.1. The number of nitrogens with zero attached hydrogens (tertiary/aromatic N) is 2. The van der Waals surface area contributed by atoms with Crippen molar-refractivity contribution in [2.75, 3.05) is 5.32 Å². The second-order valence-electron chi connectivity index (χ2n) is 3.28. The molecular formula is C8H9N3O3. The maximum Gasteiger partial charge on any atom is 0.304 e. The van der Waals surface area contributed by atoms with Gasteiger partial charge in [-0.2, -0.15) is 4.73 Å². The standard InChI is InChI=1S/C8H9N3O3/c12-10-4-3-8(11(13)14)7(5-10)9-6-1-2-6/h3-6,9H,1-2H2. The van der Waals surface area contributed by atoms with Gasteiger partial charge in [0.05, 0.1) is 11.0 Å². The molecule has 1 heterocycles. The summed E-state index contributed by atoms with van der Waals surface area (Å²) in [6, 6.07) is 1.49. The molecule has 1 aliphatic rings. The van der Waals surface area contributed by atoms with Gasteiger partial charge >= 0.3 is 5.69 Å². The number of aromatic nitrogens is 1.